The van der Waals surface area contributed by atoms with Gasteiger partial charge in [0, 0.05) is 0 Å². The van der Waals surface area contributed by atoms with Gasteiger partial charge in [-0.3, -0.25) is 9.78 Å². The maximum Gasteiger partial charge on any atom is 0.277 e. The Labute approximate surface area is 111 Å². The number of H-pyrrole nitrogens is 1. The minimum Gasteiger partial charge on any atom is -0.507 e. The highest BCUT2D eigenvalue weighted by atomic mass is 16.5. The second-order valence-electron chi connectivity index (χ2n) is 4.44. The number of ether oxygens (including phenoxy) is 1. The molecule has 0 saturated carbocycles. The molecule has 1 unspecified atom stereocenters. The monoisotopic (exact) mass is 283 g/mol. The lowest BCUT2D eigenvalue weighted by Gasteiger charge is -2.39. The number of aromatic nitrogens is 2. The molecule has 10 heteroatoms. The summed E-state index contributed by atoms with van der Waals surface area (Å²) in [5, 5.41) is 34.2. The quantitative estimate of drug-likeness (QED) is 0.328. The van der Waals surface area contributed by atoms with Crippen LogP contribution in [0.5, 0.6) is 0 Å². The number of aliphatic hydroxyl groups excluding tert-OH is 3. The zero-order chi connectivity index (χ0) is 14.4. The minimum atomic E-state index is -1.05. The van der Waals surface area contributed by atoms with Crippen LogP contribution in [0.1, 0.15) is 0 Å². The smallest absolute Gasteiger partial charge is 0.277 e. The summed E-state index contributed by atoms with van der Waals surface area (Å²) >= 11 is 0. The first-order chi connectivity index (χ1) is 9.51. The minimum absolute atomic E-state index is 0.0707. The van der Waals surface area contributed by atoms with Crippen molar-refractivity contribution in [2.24, 2.45) is 0 Å². The fourth-order valence-electron chi connectivity index (χ4n) is 2.20. The maximum absolute atomic E-state index is 11.7. The molecule has 3 heterocycles. The van der Waals surface area contributed by atoms with E-state index < -0.39 is 42.1 Å². The summed E-state index contributed by atoms with van der Waals surface area (Å²) in [6, 6.07) is -0.878. The fraction of sp³-hybridized carbons (Fsp3) is 0.400. The third kappa shape index (κ3) is 1.73. The van der Waals surface area contributed by atoms with Gasteiger partial charge in [-0.25, -0.2) is 0 Å². The number of rotatable bonds is 1. The Balaban J connectivity index is 2.03. The molecule has 1 aromatic rings. The number of fused-ring (bicyclic) bond motifs is 2. The van der Waals surface area contributed by atoms with E-state index in [1.165, 1.54) is 0 Å². The second kappa shape index (κ2) is 4.28. The van der Waals surface area contributed by atoms with Crippen molar-refractivity contribution in [3.05, 3.63) is 21.9 Å². The predicted molar refractivity (Wildman–Crippen MR) is 68.3 cm³/mol. The topological polar surface area (TPSA) is 166 Å². The molecule has 3 atom stereocenters. The third-order valence-corrected chi connectivity index (χ3v) is 3.16. The number of hydrogen-bond donors (Lipinski definition) is 7. The first kappa shape index (κ1) is 12.6. The van der Waals surface area contributed by atoms with Gasteiger partial charge < -0.3 is 36.4 Å². The molecule has 2 aliphatic heterocycles. The number of aromatic amines is 1. The Morgan fingerprint density at radius 2 is 2.05 bits per heavy atom. The summed E-state index contributed by atoms with van der Waals surface area (Å²) in [5.74, 6) is -0.794. The van der Waals surface area contributed by atoms with E-state index in [9.17, 15) is 15.0 Å². The van der Waals surface area contributed by atoms with E-state index in [1.807, 2.05) is 0 Å². The van der Waals surface area contributed by atoms with Crippen molar-refractivity contribution in [2.75, 3.05) is 23.0 Å². The summed E-state index contributed by atoms with van der Waals surface area (Å²) in [4.78, 5) is 18.0. The average molecular weight is 283 g/mol. The Bertz CT molecular complexity index is 641. The fourth-order valence-corrected chi connectivity index (χ4v) is 2.20. The van der Waals surface area contributed by atoms with E-state index in [1.54, 1.807) is 0 Å². The van der Waals surface area contributed by atoms with Crippen LogP contribution in [-0.2, 0) is 4.74 Å². The number of anilines is 3. The van der Waals surface area contributed by atoms with Crippen molar-refractivity contribution in [2.45, 2.75) is 18.4 Å². The zero-order valence-corrected chi connectivity index (χ0v) is 10.1. The van der Waals surface area contributed by atoms with Gasteiger partial charge in [-0.05, 0) is 0 Å². The zero-order valence-electron chi connectivity index (χ0n) is 10.1. The van der Waals surface area contributed by atoms with Gasteiger partial charge in [0.15, 0.2) is 23.6 Å². The normalized spacial score (nSPS) is 28.1. The second-order valence-corrected chi connectivity index (χ2v) is 4.44. The summed E-state index contributed by atoms with van der Waals surface area (Å²) < 4.78 is 5.37. The van der Waals surface area contributed by atoms with Gasteiger partial charge in [-0.2, -0.15) is 4.98 Å². The molecule has 0 aliphatic carbocycles. The van der Waals surface area contributed by atoms with E-state index in [2.05, 4.69) is 20.6 Å². The van der Waals surface area contributed by atoms with Crippen LogP contribution in [-0.4, -0.2) is 50.3 Å². The molecule has 108 valence electrons. The van der Waals surface area contributed by atoms with Crippen LogP contribution >= 0.6 is 0 Å². The third-order valence-electron chi connectivity index (χ3n) is 3.16. The van der Waals surface area contributed by atoms with Crippen LogP contribution in [0.4, 0.5) is 17.5 Å². The number of nitrogens with one attached hydrogen (secondary N) is 3. The molecule has 8 N–H and O–H groups in total. The van der Waals surface area contributed by atoms with Gasteiger partial charge in [-0.15, -0.1) is 0 Å². The SMILES string of the molecule is Nc1nc2c(c(=O)[nH]1)N[C@H]1C(O)=C(O)[C@@H](CO)OC1N2. The molecule has 0 spiro atoms. The number of nitrogen functional groups attached to an aromatic ring is 1. The van der Waals surface area contributed by atoms with E-state index in [0.29, 0.717) is 0 Å². The molecule has 1 aromatic heterocycles. The van der Waals surface area contributed by atoms with Crippen molar-refractivity contribution >= 4 is 17.5 Å². The highest BCUT2D eigenvalue weighted by molar-refractivity contribution is 5.68. The molecule has 0 bridgehead atoms. The lowest BCUT2D eigenvalue weighted by atomic mass is 10.0. The van der Waals surface area contributed by atoms with Crippen molar-refractivity contribution in [1.82, 2.24) is 9.97 Å². The van der Waals surface area contributed by atoms with Crippen LogP contribution in [0, 0.1) is 0 Å². The molecule has 0 radical (unpaired) electrons. The highest BCUT2D eigenvalue weighted by Crippen LogP contribution is 2.31. The molecule has 3 rings (SSSR count). The van der Waals surface area contributed by atoms with Crippen molar-refractivity contribution < 1.29 is 20.1 Å². The Morgan fingerprint density at radius 1 is 1.30 bits per heavy atom. The molecule has 0 saturated heterocycles. The lowest BCUT2D eigenvalue weighted by Crippen LogP contribution is -2.53. The van der Waals surface area contributed by atoms with Gasteiger partial charge in [0.05, 0.1) is 6.61 Å². The van der Waals surface area contributed by atoms with E-state index >= 15 is 0 Å². The summed E-state index contributed by atoms with van der Waals surface area (Å²) in [5.41, 5.74) is 5.00. The maximum atomic E-state index is 11.7. The van der Waals surface area contributed by atoms with Crippen molar-refractivity contribution in [1.29, 1.82) is 0 Å². The Morgan fingerprint density at radius 3 is 2.75 bits per heavy atom. The van der Waals surface area contributed by atoms with Crippen LogP contribution in [0.15, 0.2) is 16.3 Å². The van der Waals surface area contributed by atoms with Crippen molar-refractivity contribution in [3.63, 3.8) is 0 Å². The number of aliphatic hydroxyl groups is 3. The van der Waals surface area contributed by atoms with Crippen molar-refractivity contribution in [3.8, 4) is 0 Å². The summed E-state index contributed by atoms with van der Waals surface area (Å²) in [7, 11) is 0. The van der Waals surface area contributed by atoms with Gasteiger partial charge >= 0.3 is 0 Å². The van der Waals surface area contributed by atoms with E-state index in [0.717, 1.165) is 0 Å². The van der Waals surface area contributed by atoms with Gasteiger partial charge in [0.1, 0.15) is 17.8 Å². The van der Waals surface area contributed by atoms with Gasteiger partial charge in [0.2, 0.25) is 5.95 Å². The van der Waals surface area contributed by atoms with Crippen LogP contribution in [0.25, 0.3) is 0 Å². The number of nitrogens with two attached hydrogens (primary N) is 1. The van der Waals surface area contributed by atoms with Gasteiger partial charge in [0.25, 0.3) is 5.56 Å². The van der Waals surface area contributed by atoms with Gasteiger partial charge in [-0.1, -0.05) is 0 Å². The molecule has 0 amide bonds. The number of hydrogen-bond acceptors (Lipinski definition) is 9. The lowest BCUT2D eigenvalue weighted by molar-refractivity contribution is -0.0553. The van der Waals surface area contributed by atoms with E-state index in [4.69, 9.17) is 15.6 Å². The number of nitrogens with zero attached hydrogens (tertiary/aromatic N) is 1. The first-order valence-electron chi connectivity index (χ1n) is 5.82. The molecular weight excluding hydrogens is 270 g/mol. The summed E-state index contributed by atoms with van der Waals surface area (Å²) in [6.07, 6.45) is -1.87. The Kier molecular flexibility index (Phi) is 2.69. The first-order valence-corrected chi connectivity index (χ1v) is 5.82. The molecule has 0 fully saturated rings. The predicted octanol–water partition coefficient (Wildman–Crippen LogP) is -1.40. The average Bonchev–Trinajstić information content (AvgIpc) is 2.41. The standard InChI is InChI=1S/C10H13N5O5/c11-10-14-7-4(8(19)15-10)12-3-6(18)5(17)2(1-16)20-9(3)13-7/h2-3,9,12,16-18H,1H2,(H4,11,13,14,15,19)/t2-,3+,9?/m1/s1. The van der Waals surface area contributed by atoms with Crippen LogP contribution in [0.2, 0.25) is 0 Å². The molecule has 0 aromatic carbocycles. The largest absolute Gasteiger partial charge is 0.507 e. The van der Waals surface area contributed by atoms with E-state index in [-0.39, 0.29) is 17.5 Å². The Hall–Kier alpha value is -2.46. The molecule has 2 aliphatic rings. The molecule has 10 nitrogen and oxygen atoms in total. The summed E-state index contributed by atoms with van der Waals surface area (Å²) in [6.45, 7) is -0.501. The highest BCUT2D eigenvalue weighted by Gasteiger charge is 2.42. The van der Waals surface area contributed by atoms with Crippen LogP contribution in [0.3, 0.4) is 0 Å². The molecular formula is C10H13N5O5. The molecule has 20 heavy (non-hydrogen) atoms. The van der Waals surface area contributed by atoms with Crippen LogP contribution < -0.4 is 21.9 Å².